The first-order valence-corrected chi connectivity index (χ1v) is 28.5. The summed E-state index contributed by atoms with van der Waals surface area (Å²) in [5.74, 6) is -0.815. The molecular formula is C58H101NO8P+. The van der Waals surface area contributed by atoms with Gasteiger partial charge in [0, 0.05) is 12.8 Å². The fraction of sp³-hybridized carbons (Fsp3) is 0.690. The van der Waals surface area contributed by atoms with Crippen molar-refractivity contribution in [2.75, 3.05) is 47.5 Å². The minimum Gasteiger partial charge on any atom is -0.462 e. The predicted octanol–water partition coefficient (Wildman–Crippen LogP) is 16.5. The molecular weight excluding hydrogens is 870 g/mol. The largest absolute Gasteiger partial charge is 0.472 e. The number of quaternary nitrogens is 1. The number of hydrogen-bond acceptors (Lipinski definition) is 7. The summed E-state index contributed by atoms with van der Waals surface area (Å²) in [6.07, 6.45) is 66.8. The van der Waals surface area contributed by atoms with Crippen LogP contribution in [0.25, 0.3) is 0 Å². The van der Waals surface area contributed by atoms with Gasteiger partial charge in [-0.2, -0.15) is 0 Å². The number of allylic oxidation sites excluding steroid dienone is 16. The molecule has 68 heavy (non-hydrogen) atoms. The molecule has 0 aliphatic heterocycles. The second-order valence-corrected chi connectivity index (χ2v) is 20.3. The third-order valence-corrected chi connectivity index (χ3v) is 12.1. The predicted molar refractivity (Wildman–Crippen MR) is 288 cm³/mol. The van der Waals surface area contributed by atoms with E-state index in [2.05, 4.69) is 111 Å². The summed E-state index contributed by atoms with van der Waals surface area (Å²) >= 11 is 0. The first-order valence-electron chi connectivity index (χ1n) is 27.0. The van der Waals surface area contributed by atoms with E-state index in [0.717, 1.165) is 103 Å². The van der Waals surface area contributed by atoms with Crippen molar-refractivity contribution in [3.63, 3.8) is 0 Å². The molecule has 0 aliphatic rings. The van der Waals surface area contributed by atoms with E-state index < -0.39 is 26.5 Å². The smallest absolute Gasteiger partial charge is 0.462 e. The van der Waals surface area contributed by atoms with Crippen LogP contribution < -0.4 is 0 Å². The van der Waals surface area contributed by atoms with Crippen molar-refractivity contribution < 1.29 is 42.1 Å². The average Bonchev–Trinajstić information content (AvgIpc) is 3.30. The zero-order valence-corrected chi connectivity index (χ0v) is 45.0. The minimum absolute atomic E-state index is 0.0293. The van der Waals surface area contributed by atoms with E-state index >= 15 is 0 Å². The van der Waals surface area contributed by atoms with Crippen LogP contribution in [0.3, 0.4) is 0 Å². The number of likely N-dealkylation sites (N-methyl/N-ethyl adjacent to an activating group) is 1. The van der Waals surface area contributed by atoms with E-state index in [1.54, 1.807) is 0 Å². The molecule has 0 aromatic rings. The van der Waals surface area contributed by atoms with Crippen molar-refractivity contribution in [2.24, 2.45) is 0 Å². The van der Waals surface area contributed by atoms with Crippen LogP contribution >= 0.6 is 7.82 Å². The molecule has 1 N–H and O–H groups in total. The van der Waals surface area contributed by atoms with Crippen LogP contribution in [0, 0.1) is 0 Å². The molecule has 0 rings (SSSR count). The molecule has 9 nitrogen and oxygen atoms in total. The van der Waals surface area contributed by atoms with Crippen LogP contribution in [0.1, 0.15) is 206 Å². The molecule has 0 saturated carbocycles. The molecule has 2 unspecified atom stereocenters. The fourth-order valence-electron chi connectivity index (χ4n) is 6.97. The Labute approximate surface area is 417 Å². The highest BCUT2D eigenvalue weighted by Crippen LogP contribution is 2.43. The van der Waals surface area contributed by atoms with Gasteiger partial charge in [0.1, 0.15) is 19.8 Å². The maximum Gasteiger partial charge on any atom is 0.472 e. The number of phosphoric ester groups is 1. The van der Waals surface area contributed by atoms with E-state index in [0.29, 0.717) is 17.4 Å². The van der Waals surface area contributed by atoms with Crippen molar-refractivity contribution in [1.82, 2.24) is 0 Å². The van der Waals surface area contributed by atoms with Gasteiger partial charge in [0.15, 0.2) is 6.10 Å². The zero-order chi connectivity index (χ0) is 49.9. The Morgan fingerprint density at radius 3 is 1.25 bits per heavy atom. The lowest BCUT2D eigenvalue weighted by molar-refractivity contribution is -0.870. The number of esters is 2. The molecule has 0 radical (unpaired) electrons. The summed E-state index contributed by atoms with van der Waals surface area (Å²) in [7, 11) is 1.47. The molecule has 0 bridgehead atoms. The van der Waals surface area contributed by atoms with Gasteiger partial charge < -0.3 is 18.9 Å². The second kappa shape index (κ2) is 48.9. The Morgan fingerprint density at radius 1 is 0.471 bits per heavy atom. The third-order valence-electron chi connectivity index (χ3n) is 11.1. The third kappa shape index (κ3) is 52.3. The maximum absolute atomic E-state index is 12.7. The summed E-state index contributed by atoms with van der Waals surface area (Å²) in [6.45, 7) is 4.20. The number of rotatable bonds is 48. The van der Waals surface area contributed by atoms with Gasteiger partial charge in [-0.05, 0) is 77.0 Å². The fourth-order valence-corrected chi connectivity index (χ4v) is 7.71. The lowest BCUT2D eigenvalue weighted by atomic mass is 10.0. The van der Waals surface area contributed by atoms with Gasteiger partial charge >= 0.3 is 19.8 Å². The topological polar surface area (TPSA) is 108 Å². The molecule has 0 spiro atoms. The summed E-state index contributed by atoms with van der Waals surface area (Å²) in [5, 5.41) is 0. The Morgan fingerprint density at radius 2 is 0.838 bits per heavy atom. The number of phosphoric acid groups is 1. The van der Waals surface area contributed by atoms with Crippen LogP contribution in [-0.2, 0) is 32.7 Å². The Kier molecular flexibility index (Phi) is 46.7. The summed E-state index contributed by atoms with van der Waals surface area (Å²) in [6, 6.07) is 0. The molecule has 10 heteroatoms. The van der Waals surface area contributed by atoms with Gasteiger partial charge in [-0.3, -0.25) is 18.6 Å². The SMILES string of the molecule is CC/C=C\C/C=C\C/C=C\C/C=C\C/C=C\C/C=C\C/C=C\C/C=C\CCCCCCCCCCCCCCCCC(=O)OC(COC(=O)CCCCCCC)COP(=O)(O)OCC[N+](C)(C)C. The average molecular weight is 971 g/mol. The Balaban J connectivity index is 3.88. The number of carbonyl (C=O) groups excluding carboxylic acids is 2. The first-order chi connectivity index (χ1) is 33.0. The van der Waals surface area contributed by atoms with Gasteiger partial charge in [-0.1, -0.05) is 214 Å². The summed E-state index contributed by atoms with van der Waals surface area (Å²) in [4.78, 5) is 35.1. The van der Waals surface area contributed by atoms with Crippen molar-refractivity contribution in [3.8, 4) is 0 Å². The van der Waals surface area contributed by atoms with Crippen LogP contribution in [0.15, 0.2) is 97.2 Å². The molecule has 0 heterocycles. The van der Waals surface area contributed by atoms with E-state index in [4.69, 9.17) is 18.5 Å². The summed E-state index contributed by atoms with van der Waals surface area (Å²) < 4.78 is 34.1. The highest BCUT2D eigenvalue weighted by atomic mass is 31.2. The van der Waals surface area contributed by atoms with Crippen LogP contribution in [0.4, 0.5) is 0 Å². The molecule has 2 atom stereocenters. The number of hydrogen-bond donors (Lipinski definition) is 1. The van der Waals surface area contributed by atoms with E-state index in [9.17, 15) is 19.0 Å². The minimum atomic E-state index is -4.37. The Bertz CT molecular complexity index is 1470. The van der Waals surface area contributed by atoms with Gasteiger partial charge in [-0.25, -0.2) is 4.57 Å². The van der Waals surface area contributed by atoms with E-state index in [-0.39, 0.29) is 32.0 Å². The molecule has 0 amide bonds. The van der Waals surface area contributed by atoms with Crippen molar-refractivity contribution in [1.29, 1.82) is 0 Å². The lowest BCUT2D eigenvalue weighted by Gasteiger charge is -2.24. The highest BCUT2D eigenvalue weighted by Gasteiger charge is 2.27. The van der Waals surface area contributed by atoms with Crippen molar-refractivity contribution in [3.05, 3.63) is 97.2 Å². The van der Waals surface area contributed by atoms with Gasteiger partial charge in [0.25, 0.3) is 0 Å². The molecule has 0 saturated heterocycles. The molecule has 390 valence electrons. The zero-order valence-electron chi connectivity index (χ0n) is 44.1. The van der Waals surface area contributed by atoms with Crippen molar-refractivity contribution in [2.45, 2.75) is 213 Å². The van der Waals surface area contributed by atoms with Crippen LogP contribution in [0.5, 0.6) is 0 Å². The molecule has 0 aromatic heterocycles. The first kappa shape index (κ1) is 64.9. The van der Waals surface area contributed by atoms with Gasteiger partial charge in [0.2, 0.25) is 0 Å². The van der Waals surface area contributed by atoms with Crippen molar-refractivity contribution >= 4 is 19.8 Å². The van der Waals surface area contributed by atoms with Gasteiger partial charge in [-0.15, -0.1) is 0 Å². The normalized spacial score (nSPS) is 14.1. The molecule has 0 aliphatic carbocycles. The van der Waals surface area contributed by atoms with E-state index in [1.807, 2.05) is 21.1 Å². The van der Waals surface area contributed by atoms with E-state index in [1.165, 1.54) is 70.6 Å². The highest BCUT2D eigenvalue weighted by molar-refractivity contribution is 7.47. The van der Waals surface area contributed by atoms with Crippen LogP contribution in [-0.4, -0.2) is 74.9 Å². The number of nitrogens with zero attached hydrogens (tertiary/aromatic N) is 1. The monoisotopic (exact) mass is 971 g/mol. The number of carbonyl (C=O) groups is 2. The summed E-state index contributed by atoms with van der Waals surface area (Å²) in [5.41, 5.74) is 0. The molecule has 0 fully saturated rings. The quantitative estimate of drug-likeness (QED) is 0.0211. The number of unbranched alkanes of at least 4 members (excludes halogenated alkanes) is 18. The maximum atomic E-state index is 12.7. The number of ether oxygens (including phenoxy) is 2. The lowest BCUT2D eigenvalue weighted by Crippen LogP contribution is -2.37. The second-order valence-electron chi connectivity index (χ2n) is 18.9. The van der Waals surface area contributed by atoms with Crippen LogP contribution in [0.2, 0.25) is 0 Å². The Hall–Kier alpha value is -3.07. The van der Waals surface area contributed by atoms with Gasteiger partial charge in [0.05, 0.1) is 27.7 Å². The molecule has 0 aromatic carbocycles. The standard InChI is InChI=1S/C58H100NO8P/c1-6-8-10-12-13-14-15-16-17-18-19-20-21-22-23-24-25-26-27-28-29-30-31-32-33-34-35-36-37-38-39-40-41-42-43-44-45-47-49-51-58(61)67-56(54-64-57(60)50-48-46-11-9-7-2)55-66-68(62,63)65-53-52-59(3,4)5/h8,10,13-14,16-17,19-20,22-23,25-26,28-29,31-32,56H,6-7,9,11-12,15,18,21,24,27,30,33-55H2,1-5H3/p+1/b10-8-,14-13-,17-16-,20-19-,23-22-,26-25-,29-28-,32-31-.